The third-order valence-electron chi connectivity index (χ3n) is 4.76. The van der Waals surface area contributed by atoms with Crippen LogP contribution in [-0.2, 0) is 4.74 Å². The van der Waals surface area contributed by atoms with Crippen LogP contribution in [0.5, 0.6) is 5.75 Å². The van der Waals surface area contributed by atoms with Crippen molar-refractivity contribution in [3.63, 3.8) is 0 Å². The van der Waals surface area contributed by atoms with E-state index in [1.807, 2.05) is 47.5 Å². The summed E-state index contributed by atoms with van der Waals surface area (Å²) in [5.74, 6) is 0.853. The van der Waals surface area contributed by atoms with Gasteiger partial charge >= 0.3 is 0 Å². The first kappa shape index (κ1) is 19.3. The number of anilines is 1. The predicted octanol–water partition coefficient (Wildman–Crippen LogP) is 2.32. The molecule has 0 saturated carbocycles. The molecule has 1 amide bonds. The summed E-state index contributed by atoms with van der Waals surface area (Å²) >= 11 is 3.01. The number of hydrogen-bond donors (Lipinski definition) is 1. The number of fused-ring (bicyclic) bond motifs is 1. The van der Waals surface area contributed by atoms with E-state index in [0.717, 1.165) is 58.8 Å². The lowest BCUT2D eigenvalue weighted by molar-refractivity contribution is -0.906. The summed E-state index contributed by atoms with van der Waals surface area (Å²) < 4.78 is 12.1. The van der Waals surface area contributed by atoms with Crippen LogP contribution in [-0.4, -0.2) is 56.9 Å². The van der Waals surface area contributed by atoms with Crippen molar-refractivity contribution in [2.75, 3.05) is 50.9 Å². The average molecular weight is 419 g/mol. The van der Waals surface area contributed by atoms with Crippen molar-refractivity contribution in [1.29, 1.82) is 0 Å². The molecule has 2 aromatic heterocycles. The topological polar surface area (TPSA) is 56.1 Å². The van der Waals surface area contributed by atoms with Gasteiger partial charge in [-0.1, -0.05) is 17.4 Å². The van der Waals surface area contributed by atoms with Gasteiger partial charge in [0.15, 0.2) is 5.13 Å². The lowest BCUT2D eigenvalue weighted by Gasteiger charge is -2.26. The molecular weight excluding hydrogens is 394 g/mol. The minimum absolute atomic E-state index is 0.0201. The highest BCUT2D eigenvalue weighted by Crippen LogP contribution is 2.32. The summed E-state index contributed by atoms with van der Waals surface area (Å²) in [5.41, 5.74) is 0.895. The van der Waals surface area contributed by atoms with E-state index in [-0.39, 0.29) is 5.91 Å². The zero-order chi connectivity index (χ0) is 19.3. The van der Waals surface area contributed by atoms with Gasteiger partial charge in [-0.25, -0.2) is 4.98 Å². The molecule has 1 fully saturated rings. The van der Waals surface area contributed by atoms with Gasteiger partial charge in [0.05, 0.1) is 48.0 Å². The third-order valence-corrected chi connectivity index (χ3v) is 6.66. The Balaban J connectivity index is 1.59. The van der Waals surface area contributed by atoms with E-state index in [1.165, 1.54) is 16.2 Å². The number of thiophene rings is 1. The molecular formula is C20H24N3O3S2+. The van der Waals surface area contributed by atoms with Crippen LogP contribution in [0.25, 0.3) is 10.2 Å². The molecule has 3 aromatic rings. The molecule has 0 radical (unpaired) electrons. The highest BCUT2D eigenvalue weighted by Gasteiger charge is 2.24. The van der Waals surface area contributed by atoms with Crippen molar-refractivity contribution < 1.29 is 19.2 Å². The number of rotatable bonds is 7. The molecule has 1 N–H and O–H groups in total. The van der Waals surface area contributed by atoms with Gasteiger partial charge in [0.1, 0.15) is 18.8 Å². The molecule has 0 atom stereocenters. The largest absolute Gasteiger partial charge is 0.494 e. The fourth-order valence-electron chi connectivity index (χ4n) is 3.26. The maximum Gasteiger partial charge on any atom is 0.270 e. The van der Waals surface area contributed by atoms with E-state index in [9.17, 15) is 4.79 Å². The molecule has 0 bridgehead atoms. The molecule has 1 saturated heterocycles. The van der Waals surface area contributed by atoms with Crippen molar-refractivity contribution in [3.05, 3.63) is 40.6 Å². The smallest absolute Gasteiger partial charge is 0.270 e. The lowest BCUT2D eigenvalue weighted by atomic mass is 10.3. The molecule has 148 valence electrons. The van der Waals surface area contributed by atoms with Gasteiger partial charge in [-0.15, -0.1) is 11.3 Å². The highest BCUT2D eigenvalue weighted by atomic mass is 32.1. The SMILES string of the molecule is CCOc1ccc2nc(N(CC[NH+]3CCOCC3)C(=O)c3cccs3)sc2c1. The summed E-state index contributed by atoms with van der Waals surface area (Å²) in [5, 5.41) is 2.68. The van der Waals surface area contributed by atoms with Gasteiger partial charge in [0.2, 0.25) is 0 Å². The number of carbonyl (C=O) groups is 1. The number of ether oxygens (including phenoxy) is 2. The summed E-state index contributed by atoms with van der Waals surface area (Å²) in [6.07, 6.45) is 0. The molecule has 3 heterocycles. The van der Waals surface area contributed by atoms with Crippen molar-refractivity contribution in [3.8, 4) is 5.75 Å². The number of morpholine rings is 1. The number of thiazole rings is 1. The van der Waals surface area contributed by atoms with Crippen molar-refractivity contribution >= 4 is 43.9 Å². The van der Waals surface area contributed by atoms with Crippen molar-refractivity contribution in [2.24, 2.45) is 0 Å². The second-order valence-corrected chi connectivity index (χ2v) is 8.56. The number of nitrogens with zero attached hydrogens (tertiary/aromatic N) is 2. The maximum atomic E-state index is 13.2. The van der Waals surface area contributed by atoms with Crippen LogP contribution in [0.1, 0.15) is 16.6 Å². The maximum absolute atomic E-state index is 13.2. The first-order valence-electron chi connectivity index (χ1n) is 9.54. The van der Waals surface area contributed by atoms with E-state index in [1.54, 1.807) is 11.3 Å². The molecule has 0 aliphatic carbocycles. The number of nitrogens with one attached hydrogen (secondary N) is 1. The first-order chi connectivity index (χ1) is 13.7. The molecule has 28 heavy (non-hydrogen) atoms. The van der Waals surface area contributed by atoms with E-state index in [2.05, 4.69) is 0 Å². The Hall–Kier alpha value is -2.00. The number of aromatic nitrogens is 1. The Morgan fingerprint density at radius 2 is 2.18 bits per heavy atom. The molecule has 1 aromatic carbocycles. The molecule has 0 spiro atoms. The number of hydrogen-bond acceptors (Lipinski definition) is 6. The quantitative estimate of drug-likeness (QED) is 0.640. The number of amides is 1. The molecule has 8 heteroatoms. The van der Waals surface area contributed by atoms with Crippen LogP contribution < -0.4 is 14.5 Å². The number of benzene rings is 1. The lowest BCUT2D eigenvalue weighted by Crippen LogP contribution is -3.14. The van der Waals surface area contributed by atoms with E-state index in [4.69, 9.17) is 14.5 Å². The Morgan fingerprint density at radius 3 is 2.93 bits per heavy atom. The molecule has 1 aliphatic rings. The predicted molar refractivity (Wildman–Crippen MR) is 113 cm³/mol. The Morgan fingerprint density at radius 1 is 1.32 bits per heavy atom. The summed E-state index contributed by atoms with van der Waals surface area (Å²) in [6.45, 7) is 7.67. The second-order valence-electron chi connectivity index (χ2n) is 6.61. The van der Waals surface area contributed by atoms with Crippen LogP contribution in [0, 0.1) is 0 Å². The number of quaternary nitrogens is 1. The monoisotopic (exact) mass is 418 g/mol. The Labute approximate surface area is 172 Å². The van der Waals surface area contributed by atoms with Gasteiger partial charge in [-0.2, -0.15) is 0 Å². The van der Waals surface area contributed by atoms with Crippen molar-refractivity contribution in [2.45, 2.75) is 6.92 Å². The van der Waals surface area contributed by atoms with Crippen LogP contribution in [0.15, 0.2) is 35.7 Å². The fraction of sp³-hybridized carbons (Fsp3) is 0.400. The van der Waals surface area contributed by atoms with Gasteiger partial charge < -0.3 is 14.4 Å². The standard InChI is InChI=1S/C20H23N3O3S2/c1-2-26-15-5-6-16-18(14-15)28-20(21-16)23(19(24)17-4-3-13-27-17)8-7-22-9-11-25-12-10-22/h3-6,13-14H,2,7-12H2,1H3/p+1. The molecule has 1 aliphatic heterocycles. The zero-order valence-corrected chi connectivity index (χ0v) is 17.5. The Bertz CT molecular complexity index is 920. The number of carbonyl (C=O) groups excluding carboxylic acids is 1. The van der Waals surface area contributed by atoms with Gasteiger partial charge in [-0.05, 0) is 36.6 Å². The molecule has 0 unspecified atom stereocenters. The van der Waals surface area contributed by atoms with Crippen LogP contribution in [0.4, 0.5) is 5.13 Å². The van der Waals surface area contributed by atoms with Crippen molar-refractivity contribution in [1.82, 2.24) is 4.98 Å². The normalized spacial score (nSPS) is 15.0. The van der Waals surface area contributed by atoms with E-state index in [0.29, 0.717) is 13.2 Å². The second kappa shape index (κ2) is 9.00. The van der Waals surface area contributed by atoms with Crippen LogP contribution in [0.3, 0.4) is 0 Å². The average Bonchev–Trinajstić information content (AvgIpc) is 3.39. The van der Waals surface area contributed by atoms with E-state index >= 15 is 0 Å². The summed E-state index contributed by atoms with van der Waals surface area (Å²) in [7, 11) is 0. The summed E-state index contributed by atoms with van der Waals surface area (Å²) in [6, 6.07) is 9.68. The van der Waals surface area contributed by atoms with Gasteiger partial charge in [0, 0.05) is 0 Å². The third kappa shape index (κ3) is 4.35. The van der Waals surface area contributed by atoms with Crippen LogP contribution >= 0.6 is 22.7 Å². The summed E-state index contributed by atoms with van der Waals surface area (Å²) in [4.78, 5) is 22.0. The Kier molecular flexibility index (Phi) is 6.21. The van der Waals surface area contributed by atoms with Crippen LogP contribution in [0.2, 0.25) is 0 Å². The fourth-order valence-corrected chi connectivity index (χ4v) is 4.95. The zero-order valence-electron chi connectivity index (χ0n) is 15.8. The highest BCUT2D eigenvalue weighted by molar-refractivity contribution is 7.22. The molecule has 6 nitrogen and oxygen atoms in total. The van der Waals surface area contributed by atoms with Gasteiger partial charge in [0.25, 0.3) is 5.91 Å². The minimum Gasteiger partial charge on any atom is -0.494 e. The van der Waals surface area contributed by atoms with Gasteiger partial charge in [-0.3, -0.25) is 9.69 Å². The van der Waals surface area contributed by atoms with E-state index < -0.39 is 0 Å². The first-order valence-corrected chi connectivity index (χ1v) is 11.2. The molecule has 4 rings (SSSR count). The minimum atomic E-state index is 0.0201.